The van der Waals surface area contributed by atoms with Gasteiger partial charge in [0.1, 0.15) is 12.1 Å². The molecule has 0 bridgehead atoms. The van der Waals surface area contributed by atoms with E-state index >= 15 is 0 Å². The first kappa shape index (κ1) is 12.3. The topological polar surface area (TPSA) is 75.3 Å². The predicted molar refractivity (Wildman–Crippen MR) is 72.0 cm³/mol. The molecule has 1 aliphatic rings. The highest BCUT2D eigenvalue weighted by molar-refractivity contribution is 5.44. The van der Waals surface area contributed by atoms with Crippen LogP contribution in [0.4, 0.5) is 5.82 Å². The SMILES string of the molecule is Cc1cc(NCC2(CO)CCCC2)n2ncnc2n1. The molecule has 6 heteroatoms. The van der Waals surface area contributed by atoms with Crippen molar-refractivity contribution in [1.82, 2.24) is 19.6 Å². The predicted octanol–water partition coefficient (Wildman–Crippen LogP) is 1.40. The summed E-state index contributed by atoms with van der Waals surface area (Å²) in [6.07, 6.45) is 6.08. The van der Waals surface area contributed by atoms with E-state index in [0.717, 1.165) is 30.9 Å². The first-order valence-electron chi connectivity index (χ1n) is 6.75. The summed E-state index contributed by atoms with van der Waals surface area (Å²) in [5.41, 5.74) is 0.928. The Hall–Kier alpha value is -1.69. The van der Waals surface area contributed by atoms with Gasteiger partial charge in [-0.2, -0.15) is 14.6 Å². The van der Waals surface area contributed by atoms with E-state index in [1.54, 1.807) is 4.52 Å². The van der Waals surface area contributed by atoms with Crippen molar-refractivity contribution in [3.05, 3.63) is 18.1 Å². The van der Waals surface area contributed by atoms with Gasteiger partial charge in [-0.15, -0.1) is 0 Å². The van der Waals surface area contributed by atoms with E-state index in [1.807, 2.05) is 13.0 Å². The average Bonchev–Trinajstić information content (AvgIpc) is 3.05. The van der Waals surface area contributed by atoms with Crippen LogP contribution in [0.5, 0.6) is 0 Å². The van der Waals surface area contributed by atoms with E-state index in [1.165, 1.54) is 19.2 Å². The van der Waals surface area contributed by atoms with Crippen molar-refractivity contribution >= 4 is 11.6 Å². The highest BCUT2D eigenvalue weighted by atomic mass is 16.3. The lowest BCUT2D eigenvalue weighted by atomic mass is 9.87. The average molecular weight is 261 g/mol. The Labute approximate surface area is 111 Å². The molecule has 2 aromatic heterocycles. The van der Waals surface area contributed by atoms with Gasteiger partial charge in [-0.05, 0) is 19.8 Å². The maximum absolute atomic E-state index is 9.64. The molecule has 102 valence electrons. The quantitative estimate of drug-likeness (QED) is 0.870. The zero-order valence-electron chi connectivity index (χ0n) is 11.1. The third-order valence-corrected chi connectivity index (χ3v) is 4.02. The molecule has 0 saturated heterocycles. The molecule has 3 rings (SSSR count). The van der Waals surface area contributed by atoms with Crippen molar-refractivity contribution in [2.75, 3.05) is 18.5 Å². The highest BCUT2D eigenvalue weighted by Crippen LogP contribution is 2.37. The van der Waals surface area contributed by atoms with Gasteiger partial charge in [0.05, 0.1) is 6.61 Å². The van der Waals surface area contributed by atoms with Crippen LogP contribution >= 0.6 is 0 Å². The molecule has 0 atom stereocenters. The molecule has 1 fully saturated rings. The van der Waals surface area contributed by atoms with E-state index in [0.29, 0.717) is 5.78 Å². The lowest BCUT2D eigenvalue weighted by molar-refractivity contribution is 0.142. The van der Waals surface area contributed by atoms with E-state index in [-0.39, 0.29) is 12.0 Å². The monoisotopic (exact) mass is 261 g/mol. The Bertz CT molecular complexity index is 573. The maximum atomic E-state index is 9.64. The van der Waals surface area contributed by atoms with Crippen LogP contribution in [0, 0.1) is 12.3 Å². The number of aromatic nitrogens is 4. The summed E-state index contributed by atoms with van der Waals surface area (Å²) in [5, 5.41) is 17.2. The van der Waals surface area contributed by atoms with E-state index < -0.39 is 0 Å². The second-order valence-electron chi connectivity index (χ2n) is 5.47. The summed E-state index contributed by atoms with van der Waals surface area (Å²) in [6, 6.07) is 1.96. The van der Waals surface area contributed by atoms with E-state index in [2.05, 4.69) is 20.4 Å². The second kappa shape index (κ2) is 4.77. The molecule has 19 heavy (non-hydrogen) atoms. The lowest BCUT2D eigenvalue weighted by Crippen LogP contribution is -2.31. The fourth-order valence-electron chi connectivity index (χ4n) is 2.85. The summed E-state index contributed by atoms with van der Waals surface area (Å²) in [7, 11) is 0. The Morgan fingerprint density at radius 2 is 2.21 bits per heavy atom. The summed E-state index contributed by atoms with van der Waals surface area (Å²) >= 11 is 0. The van der Waals surface area contributed by atoms with Crippen LogP contribution in [0.15, 0.2) is 12.4 Å². The number of nitrogens with one attached hydrogen (secondary N) is 1. The molecule has 2 aromatic rings. The van der Waals surface area contributed by atoms with Gasteiger partial charge in [0.15, 0.2) is 0 Å². The van der Waals surface area contributed by atoms with Crippen LogP contribution in [-0.2, 0) is 0 Å². The zero-order valence-corrected chi connectivity index (χ0v) is 11.1. The van der Waals surface area contributed by atoms with Gasteiger partial charge in [-0.3, -0.25) is 0 Å². The minimum atomic E-state index is 0.0179. The van der Waals surface area contributed by atoms with Crippen LogP contribution in [0.25, 0.3) is 5.78 Å². The van der Waals surface area contributed by atoms with Gasteiger partial charge >= 0.3 is 0 Å². The largest absolute Gasteiger partial charge is 0.396 e. The zero-order chi connectivity index (χ0) is 13.3. The van der Waals surface area contributed by atoms with Gasteiger partial charge < -0.3 is 10.4 Å². The van der Waals surface area contributed by atoms with Crippen molar-refractivity contribution in [3.8, 4) is 0 Å². The number of rotatable bonds is 4. The van der Waals surface area contributed by atoms with Crippen molar-refractivity contribution in [3.63, 3.8) is 0 Å². The van der Waals surface area contributed by atoms with Crippen molar-refractivity contribution in [2.45, 2.75) is 32.6 Å². The molecule has 0 amide bonds. The summed E-state index contributed by atoms with van der Waals surface area (Å²) in [4.78, 5) is 8.42. The third-order valence-electron chi connectivity index (χ3n) is 4.02. The van der Waals surface area contributed by atoms with Crippen LogP contribution in [-0.4, -0.2) is 37.8 Å². The molecular formula is C13H19N5O. The number of anilines is 1. The Morgan fingerprint density at radius 1 is 1.42 bits per heavy atom. The first-order chi connectivity index (χ1) is 9.22. The fraction of sp³-hybridized carbons (Fsp3) is 0.615. The summed E-state index contributed by atoms with van der Waals surface area (Å²) in [5.74, 6) is 1.49. The number of aliphatic hydroxyl groups is 1. The highest BCUT2D eigenvalue weighted by Gasteiger charge is 2.33. The molecule has 0 aliphatic heterocycles. The number of hydrogen-bond acceptors (Lipinski definition) is 5. The Kier molecular flexibility index (Phi) is 3.10. The minimum Gasteiger partial charge on any atom is -0.396 e. The van der Waals surface area contributed by atoms with Crippen LogP contribution in [0.2, 0.25) is 0 Å². The van der Waals surface area contributed by atoms with Gasteiger partial charge in [-0.25, -0.2) is 4.98 Å². The molecule has 1 aliphatic carbocycles. The molecule has 0 aromatic carbocycles. The smallest absolute Gasteiger partial charge is 0.254 e. The van der Waals surface area contributed by atoms with Gasteiger partial charge in [0, 0.05) is 23.7 Å². The summed E-state index contributed by atoms with van der Waals surface area (Å²) < 4.78 is 1.70. The minimum absolute atomic E-state index is 0.0179. The van der Waals surface area contributed by atoms with Gasteiger partial charge in [0.2, 0.25) is 0 Å². The number of aryl methyl sites for hydroxylation is 1. The second-order valence-corrected chi connectivity index (χ2v) is 5.47. The van der Waals surface area contributed by atoms with E-state index in [9.17, 15) is 5.11 Å². The molecule has 2 heterocycles. The van der Waals surface area contributed by atoms with Crippen LogP contribution in [0.1, 0.15) is 31.4 Å². The molecule has 6 nitrogen and oxygen atoms in total. The fourth-order valence-corrected chi connectivity index (χ4v) is 2.85. The van der Waals surface area contributed by atoms with Crippen molar-refractivity contribution in [2.24, 2.45) is 5.41 Å². The van der Waals surface area contributed by atoms with Crippen LogP contribution < -0.4 is 5.32 Å². The van der Waals surface area contributed by atoms with E-state index in [4.69, 9.17) is 0 Å². The molecular weight excluding hydrogens is 242 g/mol. The Morgan fingerprint density at radius 3 is 2.95 bits per heavy atom. The number of aliphatic hydroxyl groups excluding tert-OH is 1. The lowest BCUT2D eigenvalue weighted by Gasteiger charge is -2.27. The normalized spacial score (nSPS) is 18.0. The number of nitrogens with zero attached hydrogens (tertiary/aromatic N) is 4. The van der Waals surface area contributed by atoms with Crippen LogP contribution in [0.3, 0.4) is 0 Å². The maximum Gasteiger partial charge on any atom is 0.254 e. The standard InChI is InChI=1S/C13H19N5O/c1-10-6-11(18-12(17-10)15-9-16-18)14-7-13(8-19)4-2-3-5-13/h6,9,14,19H,2-5,7-8H2,1H3. The Balaban J connectivity index is 1.83. The van der Waals surface area contributed by atoms with Gasteiger partial charge in [-0.1, -0.05) is 12.8 Å². The van der Waals surface area contributed by atoms with Crippen molar-refractivity contribution < 1.29 is 5.11 Å². The molecule has 2 N–H and O–H groups in total. The first-order valence-corrected chi connectivity index (χ1v) is 6.75. The number of fused-ring (bicyclic) bond motifs is 1. The van der Waals surface area contributed by atoms with Gasteiger partial charge in [0.25, 0.3) is 5.78 Å². The summed E-state index contributed by atoms with van der Waals surface area (Å²) in [6.45, 7) is 2.95. The van der Waals surface area contributed by atoms with Crippen molar-refractivity contribution in [1.29, 1.82) is 0 Å². The third kappa shape index (κ3) is 2.28. The molecule has 0 unspecified atom stereocenters. The molecule has 0 radical (unpaired) electrons. The molecule has 1 saturated carbocycles. The number of hydrogen-bond donors (Lipinski definition) is 2. The molecule has 0 spiro atoms.